The summed E-state index contributed by atoms with van der Waals surface area (Å²) >= 11 is 1.63. The molecule has 0 saturated carbocycles. The maximum Gasteiger partial charge on any atom is 0.318 e. The summed E-state index contributed by atoms with van der Waals surface area (Å²) in [7, 11) is 3.23. The molecule has 0 aliphatic heterocycles. The van der Waals surface area contributed by atoms with Crippen LogP contribution in [0.1, 0.15) is 50.5 Å². The predicted octanol–water partition coefficient (Wildman–Crippen LogP) is 4.95. The molecule has 34 heavy (non-hydrogen) atoms. The van der Waals surface area contributed by atoms with Crippen molar-refractivity contribution in [3.8, 4) is 11.5 Å². The van der Waals surface area contributed by atoms with Crippen molar-refractivity contribution in [1.29, 1.82) is 0 Å². The highest BCUT2D eigenvalue weighted by atomic mass is 32.1. The molecule has 188 valence electrons. The van der Waals surface area contributed by atoms with Crippen LogP contribution in [0.15, 0.2) is 35.7 Å². The molecule has 1 heterocycles. The van der Waals surface area contributed by atoms with Gasteiger partial charge in [0.25, 0.3) is 0 Å². The second kappa shape index (κ2) is 14.5. The molecule has 3 amide bonds. The van der Waals surface area contributed by atoms with E-state index < -0.39 is 0 Å². The molecule has 1 unspecified atom stereocenters. The fraction of sp³-hybridized carbons (Fsp3) is 0.538. The third kappa shape index (κ3) is 8.24. The van der Waals surface area contributed by atoms with Crippen molar-refractivity contribution in [2.24, 2.45) is 0 Å². The number of ether oxygens (including phenoxy) is 2. The van der Waals surface area contributed by atoms with E-state index in [1.165, 1.54) is 0 Å². The number of carbonyl (C=O) groups excluding carboxylic acids is 2. The fourth-order valence-corrected chi connectivity index (χ4v) is 4.27. The third-order valence-electron chi connectivity index (χ3n) is 5.89. The number of hydrogen-bond donors (Lipinski definition) is 1. The number of rotatable bonds is 14. The Morgan fingerprint density at radius 1 is 1.12 bits per heavy atom. The number of hydrogen-bond acceptors (Lipinski definition) is 5. The molecule has 0 spiro atoms. The maximum atomic E-state index is 13.4. The molecule has 8 heteroatoms. The summed E-state index contributed by atoms with van der Waals surface area (Å²) in [6.45, 7) is 7.84. The van der Waals surface area contributed by atoms with Crippen LogP contribution < -0.4 is 14.8 Å². The average molecular weight is 490 g/mol. The van der Waals surface area contributed by atoms with Crippen LogP contribution in [0.3, 0.4) is 0 Å². The molecule has 1 atom stereocenters. The quantitative estimate of drug-likeness (QED) is 0.381. The van der Waals surface area contributed by atoms with Crippen molar-refractivity contribution < 1.29 is 19.1 Å². The number of methoxy groups -OCH3 is 2. The van der Waals surface area contributed by atoms with Gasteiger partial charge in [-0.15, -0.1) is 11.3 Å². The van der Waals surface area contributed by atoms with Gasteiger partial charge in [0.05, 0.1) is 20.8 Å². The number of amides is 3. The van der Waals surface area contributed by atoms with Gasteiger partial charge in [0, 0.05) is 24.0 Å². The minimum absolute atomic E-state index is 0.0278. The lowest BCUT2D eigenvalue weighted by Gasteiger charge is -2.31. The lowest BCUT2D eigenvalue weighted by atomic mass is 10.1. The number of unbranched alkanes of at least 4 members (excludes halogenated alkanes) is 1. The molecule has 7 nitrogen and oxygen atoms in total. The molecule has 0 radical (unpaired) electrons. The highest BCUT2D eigenvalue weighted by molar-refractivity contribution is 7.09. The van der Waals surface area contributed by atoms with Gasteiger partial charge in [0.15, 0.2) is 11.5 Å². The number of nitrogens with zero attached hydrogens (tertiary/aromatic N) is 2. The van der Waals surface area contributed by atoms with Crippen LogP contribution in [-0.4, -0.2) is 61.6 Å². The molecule has 0 aliphatic rings. The Morgan fingerprint density at radius 3 is 2.50 bits per heavy atom. The van der Waals surface area contributed by atoms with E-state index in [2.05, 4.69) is 12.2 Å². The lowest BCUT2D eigenvalue weighted by molar-refractivity contribution is -0.132. The molecule has 0 fully saturated rings. The fourth-order valence-electron chi connectivity index (χ4n) is 3.55. The molecule has 0 aliphatic carbocycles. The van der Waals surface area contributed by atoms with E-state index in [9.17, 15) is 9.59 Å². The van der Waals surface area contributed by atoms with Crippen LogP contribution in [0.4, 0.5) is 4.79 Å². The van der Waals surface area contributed by atoms with E-state index in [1.54, 1.807) is 30.5 Å². The molecule has 1 aromatic carbocycles. The predicted molar refractivity (Wildman–Crippen MR) is 138 cm³/mol. The molecule has 1 N–H and O–H groups in total. The van der Waals surface area contributed by atoms with Crippen LogP contribution in [0.25, 0.3) is 0 Å². The summed E-state index contributed by atoms with van der Waals surface area (Å²) in [4.78, 5) is 30.9. The smallest absolute Gasteiger partial charge is 0.318 e. The minimum atomic E-state index is -0.174. The monoisotopic (exact) mass is 489 g/mol. The van der Waals surface area contributed by atoms with Crippen LogP contribution in [-0.2, 0) is 17.8 Å². The van der Waals surface area contributed by atoms with Crippen LogP contribution >= 0.6 is 11.3 Å². The van der Waals surface area contributed by atoms with E-state index in [0.717, 1.165) is 29.7 Å². The molecular formula is C26H39N3O4S. The summed E-state index contributed by atoms with van der Waals surface area (Å²) in [5.74, 6) is 1.29. The highest BCUT2D eigenvalue weighted by Crippen LogP contribution is 2.28. The van der Waals surface area contributed by atoms with Crippen molar-refractivity contribution in [3.63, 3.8) is 0 Å². The Bertz CT molecular complexity index is 888. The Morgan fingerprint density at radius 2 is 1.88 bits per heavy atom. The molecule has 2 aromatic rings. The summed E-state index contributed by atoms with van der Waals surface area (Å²) in [5, 5.41) is 4.98. The molecular weight excluding hydrogens is 450 g/mol. The van der Waals surface area contributed by atoms with Crippen molar-refractivity contribution >= 4 is 23.3 Å². The standard InChI is InChI=1S/C26H39N3O4S/c1-6-8-14-27-26(31)29(20(3)7-2)19-25(30)28(18-22-10-9-16-34-22)15-13-21-11-12-23(32-4)24(17-21)33-5/h9-12,16-17,20H,6-8,13-15,18-19H2,1-5H3,(H,27,31). The second-order valence-corrected chi connectivity index (χ2v) is 9.34. The van der Waals surface area contributed by atoms with Gasteiger partial charge in [0.1, 0.15) is 6.54 Å². The SMILES string of the molecule is CCCCNC(=O)N(CC(=O)N(CCc1ccc(OC)c(OC)c1)Cc1cccs1)C(C)CC. The molecule has 0 bridgehead atoms. The van der Waals surface area contributed by atoms with E-state index in [-0.39, 0.29) is 24.5 Å². The van der Waals surface area contributed by atoms with E-state index in [4.69, 9.17) is 9.47 Å². The lowest BCUT2D eigenvalue weighted by Crippen LogP contribution is -2.50. The molecule has 0 saturated heterocycles. The van der Waals surface area contributed by atoms with Gasteiger partial charge in [0.2, 0.25) is 5.91 Å². The van der Waals surface area contributed by atoms with Crippen molar-refractivity contribution in [1.82, 2.24) is 15.1 Å². The van der Waals surface area contributed by atoms with Gasteiger partial charge in [-0.05, 0) is 55.3 Å². The zero-order valence-corrected chi connectivity index (χ0v) is 22.0. The zero-order valence-electron chi connectivity index (χ0n) is 21.1. The third-order valence-corrected chi connectivity index (χ3v) is 6.75. The Balaban J connectivity index is 2.14. The van der Waals surface area contributed by atoms with Gasteiger partial charge in [-0.25, -0.2) is 4.79 Å². The largest absolute Gasteiger partial charge is 0.493 e. The van der Waals surface area contributed by atoms with Gasteiger partial charge < -0.3 is 24.6 Å². The van der Waals surface area contributed by atoms with Gasteiger partial charge in [-0.1, -0.05) is 32.4 Å². The topological polar surface area (TPSA) is 71.1 Å². The van der Waals surface area contributed by atoms with Crippen molar-refractivity contribution in [2.75, 3.05) is 33.9 Å². The average Bonchev–Trinajstić information content (AvgIpc) is 3.37. The first kappa shape index (κ1) is 27.5. The van der Waals surface area contributed by atoms with Crippen molar-refractivity contribution in [2.45, 2.75) is 59.0 Å². The summed E-state index contributed by atoms with van der Waals surface area (Å²) in [5.41, 5.74) is 1.05. The number of benzene rings is 1. The van der Waals surface area contributed by atoms with Gasteiger partial charge in [-0.2, -0.15) is 0 Å². The number of urea groups is 1. The first-order valence-corrected chi connectivity index (χ1v) is 12.9. The second-order valence-electron chi connectivity index (χ2n) is 8.30. The number of carbonyl (C=O) groups is 2. The van der Waals surface area contributed by atoms with Crippen LogP contribution in [0, 0.1) is 0 Å². The summed E-state index contributed by atoms with van der Waals surface area (Å²) < 4.78 is 10.7. The first-order chi connectivity index (χ1) is 16.4. The maximum absolute atomic E-state index is 13.4. The Labute approximate surface area is 208 Å². The van der Waals surface area contributed by atoms with E-state index in [1.807, 2.05) is 54.5 Å². The summed E-state index contributed by atoms with van der Waals surface area (Å²) in [6, 6.07) is 9.63. The molecule has 1 aromatic heterocycles. The van der Waals surface area contributed by atoms with Crippen LogP contribution in [0.5, 0.6) is 11.5 Å². The molecule has 2 rings (SSSR count). The summed E-state index contributed by atoms with van der Waals surface area (Å²) in [6.07, 6.45) is 3.38. The Kier molecular flexibility index (Phi) is 11.7. The van der Waals surface area contributed by atoms with Gasteiger partial charge >= 0.3 is 6.03 Å². The highest BCUT2D eigenvalue weighted by Gasteiger charge is 2.25. The number of nitrogens with one attached hydrogen (secondary N) is 1. The zero-order chi connectivity index (χ0) is 24.9. The van der Waals surface area contributed by atoms with Crippen LogP contribution in [0.2, 0.25) is 0 Å². The number of thiophene rings is 1. The van der Waals surface area contributed by atoms with E-state index >= 15 is 0 Å². The minimum Gasteiger partial charge on any atom is -0.493 e. The Hall–Kier alpha value is -2.74. The first-order valence-electron chi connectivity index (χ1n) is 12.0. The van der Waals surface area contributed by atoms with E-state index in [0.29, 0.717) is 37.6 Å². The normalized spacial score (nSPS) is 11.6. The van der Waals surface area contributed by atoms with Gasteiger partial charge in [-0.3, -0.25) is 4.79 Å². The van der Waals surface area contributed by atoms with Crippen molar-refractivity contribution in [3.05, 3.63) is 46.2 Å².